The van der Waals surface area contributed by atoms with Crippen LogP contribution in [-0.4, -0.2) is 28.7 Å². The molecule has 0 saturated carbocycles. The van der Waals surface area contributed by atoms with Gasteiger partial charge in [-0.1, -0.05) is 30.7 Å². The lowest BCUT2D eigenvalue weighted by molar-refractivity contribution is -0.132. The fourth-order valence-corrected chi connectivity index (χ4v) is 2.91. The Morgan fingerprint density at radius 3 is 2.69 bits per heavy atom. The highest BCUT2D eigenvalue weighted by Gasteiger charge is 2.35. The number of carbonyl (C=O) groups is 1. The Hall–Kier alpha value is -2.11. The molecule has 1 unspecified atom stereocenters. The van der Waals surface area contributed by atoms with Crippen LogP contribution in [0.15, 0.2) is 52.2 Å². The first-order valence-corrected chi connectivity index (χ1v) is 9.21. The lowest BCUT2D eigenvalue weighted by atomic mass is 10.0. The summed E-state index contributed by atoms with van der Waals surface area (Å²) in [6, 6.07) is 11.0. The first kappa shape index (κ1) is 18.7. The van der Waals surface area contributed by atoms with Crippen molar-refractivity contribution >= 4 is 23.2 Å². The maximum absolute atomic E-state index is 12.8. The van der Waals surface area contributed by atoms with Crippen LogP contribution in [0.3, 0.4) is 0 Å². The van der Waals surface area contributed by atoms with Crippen LogP contribution >= 0.6 is 11.6 Å². The van der Waals surface area contributed by atoms with Gasteiger partial charge in [-0.3, -0.25) is 4.79 Å². The Kier molecular flexibility index (Phi) is 5.49. The van der Waals surface area contributed by atoms with E-state index >= 15 is 0 Å². The topological polar surface area (TPSA) is 57.8 Å². The Morgan fingerprint density at radius 2 is 2.08 bits per heavy atom. The van der Waals surface area contributed by atoms with Crippen LogP contribution in [0.5, 0.6) is 0 Å². The Morgan fingerprint density at radius 1 is 1.35 bits per heavy atom. The molecule has 2 aromatic rings. The monoisotopic (exact) mass is 373 g/mol. The molecule has 1 aromatic carbocycles. The number of amides is 1. The molecule has 26 heavy (non-hydrogen) atoms. The largest absolute Gasteiger partial charge is 0.467 e. The molecule has 1 amide bonds. The average molecular weight is 374 g/mol. The van der Waals surface area contributed by atoms with E-state index in [0.29, 0.717) is 11.4 Å². The van der Waals surface area contributed by atoms with E-state index in [1.807, 2.05) is 36.4 Å². The van der Waals surface area contributed by atoms with Gasteiger partial charge in [0.25, 0.3) is 5.91 Å². The smallest absolute Gasteiger partial charge is 0.257 e. The molecule has 0 aliphatic carbocycles. The van der Waals surface area contributed by atoms with Gasteiger partial charge in [0.15, 0.2) is 0 Å². The first-order chi connectivity index (χ1) is 12.4. The number of nitrogens with one attached hydrogen (secondary N) is 1. The van der Waals surface area contributed by atoms with E-state index in [4.69, 9.17) is 16.0 Å². The predicted molar refractivity (Wildman–Crippen MR) is 103 cm³/mol. The molecule has 1 atom stereocenters. The highest BCUT2D eigenvalue weighted by Crippen LogP contribution is 2.33. The summed E-state index contributed by atoms with van der Waals surface area (Å²) in [5, 5.41) is 10.1. The van der Waals surface area contributed by atoms with Crippen molar-refractivity contribution in [1.29, 1.82) is 0 Å². The molecular weight excluding hydrogens is 350 g/mol. The summed E-state index contributed by atoms with van der Waals surface area (Å²) in [4.78, 5) is 12.8. The number of hydrogen-bond acceptors (Lipinski definition) is 4. The number of hydrogen-bond donors (Lipinski definition) is 1. The molecule has 0 saturated heterocycles. The molecule has 0 radical (unpaired) electrons. The van der Waals surface area contributed by atoms with E-state index in [9.17, 15) is 4.79 Å². The van der Waals surface area contributed by atoms with Crippen molar-refractivity contribution < 1.29 is 9.21 Å². The van der Waals surface area contributed by atoms with E-state index in [0.717, 1.165) is 23.5 Å². The summed E-state index contributed by atoms with van der Waals surface area (Å²) in [6.07, 6.45) is 3.16. The fraction of sp³-hybridized carbons (Fsp3) is 0.400. The highest BCUT2D eigenvalue weighted by molar-refractivity contribution is 6.30. The Bertz CT molecular complexity index is 782. The van der Waals surface area contributed by atoms with Gasteiger partial charge in [0.05, 0.1) is 18.5 Å². The van der Waals surface area contributed by atoms with Gasteiger partial charge in [-0.15, -0.1) is 0 Å². The van der Waals surface area contributed by atoms with Crippen molar-refractivity contribution in [2.75, 3.05) is 6.54 Å². The quantitative estimate of drug-likeness (QED) is 0.816. The minimum absolute atomic E-state index is 0.0723. The molecule has 138 valence electrons. The molecule has 1 aliphatic heterocycles. The first-order valence-electron chi connectivity index (χ1n) is 8.83. The molecule has 6 heteroatoms. The number of carbonyl (C=O) groups excluding carboxylic acids is 1. The van der Waals surface area contributed by atoms with Crippen LogP contribution in [0.4, 0.5) is 0 Å². The maximum Gasteiger partial charge on any atom is 0.257 e. The summed E-state index contributed by atoms with van der Waals surface area (Å²) in [7, 11) is 0. The van der Waals surface area contributed by atoms with E-state index in [2.05, 4.69) is 31.2 Å². The van der Waals surface area contributed by atoms with Crippen molar-refractivity contribution in [2.45, 2.75) is 45.2 Å². The molecule has 3 rings (SSSR count). The predicted octanol–water partition coefficient (Wildman–Crippen LogP) is 4.39. The molecule has 0 bridgehead atoms. The fourth-order valence-electron chi connectivity index (χ4n) is 2.78. The normalized spacial score (nSPS) is 17.5. The highest BCUT2D eigenvalue weighted by atomic mass is 35.5. The van der Waals surface area contributed by atoms with Crippen molar-refractivity contribution in [3.05, 3.63) is 59.0 Å². The van der Waals surface area contributed by atoms with Gasteiger partial charge in [-0.05, 0) is 50.1 Å². The second kappa shape index (κ2) is 7.64. The lowest BCUT2D eigenvalue weighted by Gasteiger charge is -2.26. The third-order valence-electron chi connectivity index (χ3n) is 4.82. The average Bonchev–Trinajstić information content (AvgIpc) is 3.30. The zero-order valence-electron chi connectivity index (χ0n) is 15.3. The van der Waals surface area contributed by atoms with Crippen LogP contribution in [0.25, 0.3) is 0 Å². The minimum Gasteiger partial charge on any atom is -0.467 e. The van der Waals surface area contributed by atoms with E-state index < -0.39 is 0 Å². The number of rotatable bonds is 6. The van der Waals surface area contributed by atoms with Gasteiger partial charge in [0.1, 0.15) is 11.8 Å². The number of halogens is 1. The van der Waals surface area contributed by atoms with Gasteiger partial charge < -0.3 is 9.73 Å². The third kappa shape index (κ3) is 4.17. The van der Waals surface area contributed by atoms with Gasteiger partial charge >= 0.3 is 0 Å². The van der Waals surface area contributed by atoms with Crippen LogP contribution < -0.4 is 5.32 Å². The van der Waals surface area contributed by atoms with Crippen molar-refractivity contribution in [3.63, 3.8) is 0 Å². The summed E-state index contributed by atoms with van der Waals surface area (Å²) in [6.45, 7) is 6.48. The SMILES string of the molecule is CCC(C)(C)NCC(=O)N1N=C(c2ccc(Cl)cc2)CC1c1ccco1. The molecule has 2 heterocycles. The van der Waals surface area contributed by atoms with Crippen molar-refractivity contribution in [1.82, 2.24) is 10.3 Å². The Balaban J connectivity index is 1.82. The second-order valence-corrected chi connectivity index (χ2v) is 7.55. The number of nitrogens with zero attached hydrogens (tertiary/aromatic N) is 2. The van der Waals surface area contributed by atoms with Crippen LogP contribution in [0.1, 0.15) is 51.0 Å². The zero-order chi connectivity index (χ0) is 18.7. The molecular formula is C20H24ClN3O2. The molecule has 5 nitrogen and oxygen atoms in total. The van der Waals surface area contributed by atoms with E-state index in [1.54, 1.807) is 11.3 Å². The van der Waals surface area contributed by atoms with Crippen LogP contribution in [-0.2, 0) is 4.79 Å². The molecule has 0 fully saturated rings. The number of furan rings is 1. The van der Waals surface area contributed by atoms with Gasteiger partial charge in [0.2, 0.25) is 0 Å². The van der Waals surface area contributed by atoms with Gasteiger partial charge in [0, 0.05) is 17.0 Å². The number of hydrazone groups is 1. The standard InChI is InChI=1S/C20H24ClN3O2/c1-4-20(2,3)22-13-19(25)24-17(18-6-5-11-26-18)12-16(23-24)14-7-9-15(21)10-8-14/h5-11,17,22H,4,12-13H2,1-3H3. The lowest BCUT2D eigenvalue weighted by Crippen LogP contribution is -2.45. The van der Waals surface area contributed by atoms with Crippen molar-refractivity contribution in [2.24, 2.45) is 5.10 Å². The second-order valence-electron chi connectivity index (χ2n) is 7.12. The van der Waals surface area contributed by atoms with E-state index in [-0.39, 0.29) is 24.0 Å². The third-order valence-corrected chi connectivity index (χ3v) is 5.07. The van der Waals surface area contributed by atoms with Crippen LogP contribution in [0.2, 0.25) is 5.02 Å². The summed E-state index contributed by atoms with van der Waals surface area (Å²) in [5.74, 6) is 0.665. The summed E-state index contributed by atoms with van der Waals surface area (Å²) < 4.78 is 5.56. The molecule has 1 N–H and O–H groups in total. The van der Waals surface area contributed by atoms with E-state index in [1.165, 1.54) is 0 Å². The zero-order valence-corrected chi connectivity index (χ0v) is 16.1. The minimum atomic E-state index is -0.227. The van der Waals surface area contributed by atoms with Crippen LogP contribution in [0, 0.1) is 0 Å². The molecule has 1 aliphatic rings. The Labute approximate surface area is 159 Å². The molecule has 0 spiro atoms. The summed E-state index contributed by atoms with van der Waals surface area (Å²) >= 11 is 5.98. The van der Waals surface area contributed by atoms with Gasteiger partial charge in [-0.2, -0.15) is 5.10 Å². The maximum atomic E-state index is 12.8. The van der Waals surface area contributed by atoms with Gasteiger partial charge in [-0.25, -0.2) is 5.01 Å². The number of benzene rings is 1. The molecule has 1 aromatic heterocycles. The summed E-state index contributed by atoms with van der Waals surface area (Å²) in [5.41, 5.74) is 1.72. The van der Waals surface area contributed by atoms with Crippen molar-refractivity contribution in [3.8, 4) is 0 Å².